The van der Waals surface area contributed by atoms with Gasteiger partial charge < -0.3 is 44.3 Å². The number of ether oxygens (including phenoxy) is 4. The van der Waals surface area contributed by atoms with Gasteiger partial charge in [-0.1, -0.05) is 66.7 Å². The molecule has 1 spiro atoms. The standard InChI is InChI=1S/C37H35NO12/c1-38-17-16-36-28-22-12-13-23(39)31(28)48-32(36)25(14-15-37(36,46)26(38)18-22)47-27(41)19-24(40)34(44)50-30(21-10-6-3-7-11-21)35(45)49-29(33(42)43)20-8-4-2-5-9-20/h2-14,24,26,29-30,32,39-40,46H,15-19H2,1H3,(H,42,43)/t24-,26-,29-,30-,32-,36-,37+/m0/s1. The molecule has 3 aromatic carbocycles. The summed E-state index contributed by atoms with van der Waals surface area (Å²) in [6.45, 7) is 0.622. The maximum Gasteiger partial charge on any atom is 0.353 e. The Balaban J connectivity index is 1.07. The number of nitrogens with zero attached hydrogens (tertiary/aromatic N) is 1. The van der Waals surface area contributed by atoms with Crippen molar-refractivity contribution in [3.63, 3.8) is 0 Å². The highest BCUT2D eigenvalue weighted by molar-refractivity contribution is 5.87. The van der Waals surface area contributed by atoms with Crippen LogP contribution < -0.4 is 4.74 Å². The van der Waals surface area contributed by atoms with Crippen LogP contribution in [-0.2, 0) is 45.2 Å². The van der Waals surface area contributed by atoms with Gasteiger partial charge in [-0.15, -0.1) is 0 Å². The lowest BCUT2D eigenvalue weighted by molar-refractivity contribution is -0.182. The third-order valence-corrected chi connectivity index (χ3v) is 10.3. The molecule has 4 N–H and O–H groups in total. The van der Waals surface area contributed by atoms with E-state index >= 15 is 0 Å². The Hall–Kier alpha value is -5.24. The number of aliphatic hydroxyl groups is 2. The van der Waals surface area contributed by atoms with Crippen LogP contribution >= 0.6 is 0 Å². The average Bonchev–Trinajstić information content (AvgIpc) is 3.47. The van der Waals surface area contributed by atoms with Crippen molar-refractivity contribution in [2.24, 2.45) is 0 Å². The van der Waals surface area contributed by atoms with Crippen molar-refractivity contribution in [3.8, 4) is 11.5 Å². The molecule has 2 bridgehead atoms. The summed E-state index contributed by atoms with van der Waals surface area (Å²) < 4.78 is 22.6. The number of aliphatic carboxylic acids is 1. The predicted molar refractivity (Wildman–Crippen MR) is 171 cm³/mol. The SMILES string of the molecule is CN1CC[C@]23c4c5ccc(O)c4O[C@H]2C(OC(=O)C[C@H](O)C(=O)O[C@H](C(=O)O[C@H](C(=O)O)c2ccccc2)c2ccccc2)=CC[C@@]3(O)[C@@H]1C5. The molecule has 2 aliphatic heterocycles. The summed E-state index contributed by atoms with van der Waals surface area (Å²) >= 11 is 0. The van der Waals surface area contributed by atoms with E-state index < -0.39 is 65.7 Å². The molecule has 0 amide bonds. The second-order valence-corrected chi connectivity index (χ2v) is 13.1. The van der Waals surface area contributed by atoms with Crippen LogP contribution in [0.5, 0.6) is 11.5 Å². The number of likely N-dealkylation sites (N-methyl/N-ethyl adjacent to an activating group) is 1. The van der Waals surface area contributed by atoms with E-state index in [0.717, 1.165) is 5.56 Å². The van der Waals surface area contributed by atoms with Crippen molar-refractivity contribution < 1.29 is 58.6 Å². The normalized spacial score (nSPS) is 26.3. The summed E-state index contributed by atoms with van der Waals surface area (Å²) in [6, 6.07) is 18.5. The Morgan fingerprint density at radius 3 is 2.24 bits per heavy atom. The van der Waals surface area contributed by atoms with Gasteiger partial charge in [0.1, 0.15) is 5.76 Å². The van der Waals surface area contributed by atoms with E-state index in [0.29, 0.717) is 24.9 Å². The van der Waals surface area contributed by atoms with E-state index in [1.54, 1.807) is 48.5 Å². The van der Waals surface area contributed by atoms with Gasteiger partial charge in [0.2, 0.25) is 12.2 Å². The van der Waals surface area contributed by atoms with E-state index in [-0.39, 0.29) is 40.8 Å². The molecule has 13 heteroatoms. The zero-order valence-electron chi connectivity index (χ0n) is 26.9. The van der Waals surface area contributed by atoms with Gasteiger partial charge in [0, 0.05) is 29.2 Å². The Kier molecular flexibility index (Phi) is 8.37. The summed E-state index contributed by atoms with van der Waals surface area (Å²) in [6.07, 6.45) is -4.68. The van der Waals surface area contributed by atoms with E-state index in [9.17, 15) is 39.6 Å². The van der Waals surface area contributed by atoms with E-state index in [2.05, 4.69) is 4.90 Å². The molecular formula is C37H35NO12. The highest BCUT2D eigenvalue weighted by atomic mass is 16.6. The molecule has 50 heavy (non-hydrogen) atoms. The van der Waals surface area contributed by atoms with Gasteiger partial charge in [0.15, 0.2) is 23.7 Å². The second kappa shape index (κ2) is 12.6. The first-order valence-electron chi connectivity index (χ1n) is 16.2. The molecule has 0 unspecified atom stereocenters. The van der Waals surface area contributed by atoms with Crippen LogP contribution in [0.1, 0.15) is 53.7 Å². The number of carbonyl (C=O) groups excluding carboxylic acids is 3. The van der Waals surface area contributed by atoms with E-state index in [4.69, 9.17) is 18.9 Å². The highest BCUT2D eigenvalue weighted by Gasteiger charge is 2.72. The number of carboxylic acid groups (broad SMARTS) is 1. The lowest BCUT2D eigenvalue weighted by Gasteiger charge is -2.61. The van der Waals surface area contributed by atoms with Crippen molar-refractivity contribution in [1.82, 2.24) is 4.90 Å². The first kappa shape index (κ1) is 33.3. The number of likely N-dealkylation sites (tertiary alicyclic amines) is 1. The lowest BCUT2D eigenvalue weighted by atomic mass is 9.50. The molecule has 7 atom stereocenters. The topological polar surface area (TPSA) is 189 Å². The molecule has 13 nitrogen and oxygen atoms in total. The summed E-state index contributed by atoms with van der Waals surface area (Å²) in [4.78, 5) is 53.7. The van der Waals surface area contributed by atoms with Crippen LogP contribution in [0.2, 0.25) is 0 Å². The van der Waals surface area contributed by atoms with Gasteiger partial charge in [-0.05, 0) is 44.1 Å². The minimum Gasteiger partial charge on any atom is -0.504 e. The highest BCUT2D eigenvalue weighted by Crippen LogP contribution is 2.65. The number of carboxylic acids is 1. The fourth-order valence-corrected chi connectivity index (χ4v) is 7.99. The van der Waals surface area contributed by atoms with Crippen molar-refractivity contribution in [3.05, 3.63) is 107 Å². The maximum atomic E-state index is 13.3. The van der Waals surface area contributed by atoms with Crippen molar-refractivity contribution in [1.29, 1.82) is 0 Å². The molecule has 0 saturated carbocycles. The van der Waals surface area contributed by atoms with Crippen LogP contribution in [0.15, 0.2) is 84.6 Å². The van der Waals surface area contributed by atoms with Gasteiger partial charge in [0.05, 0.1) is 17.4 Å². The quantitative estimate of drug-likeness (QED) is 0.180. The average molecular weight is 686 g/mol. The summed E-state index contributed by atoms with van der Waals surface area (Å²) in [7, 11) is 1.95. The molecule has 1 fully saturated rings. The molecule has 0 radical (unpaired) electrons. The Morgan fingerprint density at radius 1 is 0.940 bits per heavy atom. The smallest absolute Gasteiger partial charge is 0.353 e. The van der Waals surface area contributed by atoms with E-state index in [1.165, 1.54) is 24.3 Å². The number of phenols is 1. The van der Waals surface area contributed by atoms with E-state index in [1.807, 2.05) is 13.1 Å². The molecule has 7 rings (SSSR count). The van der Waals surface area contributed by atoms with Gasteiger partial charge in [-0.25, -0.2) is 14.4 Å². The number of aromatic hydroxyl groups is 1. The monoisotopic (exact) mass is 685 g/mol. The number of benzene rings is 3. The summed E-state index contributed by atoms with van der Waals surface area (Å²) in [5.74, 6) is -4.81. The van der Waals surface area contributed by atoms with Crippen LogP contribution in [0.25, 0.3) is 0 Å². The first-order chi connectivity index (χ1) is 23.9. The minimum atomic E-state index is -2.08. The molecule has 2 heterocycles. The number of phenolic OH excluding ortho intramolecular Hbond substituents is 1. The third-order valence-electron chi connectivity index (χ3n) is 10.3. The lowest BCUT2D eigenvalue weighted by Crippen LogP contribution is -2.74. The Morgan fingerprint density at radius 2 is 1.58 bits per heavy atom. The zero-order valence-corrected chi connectivity index (χ0v) is 26.9. The number of aliphatic hydroxyl groups excluding tert-OH is 1. The van der Waals surface area contributed by atoms with Crippen molar-refractivity contribution in [2.75, 3.05) is 13.6 Å². The number of esters is 3. The van der Waals surface area contributed by atoms with Crippen molar-refractivity contribution in [2.45, 2.75) is 67.2 Å². The van der Waals surface area contributed by atoms with Crippen LogP contribution in [0.4, 0.5) is 0 Å². The maximum absolute atomic E-state index is 13.3. The van der Waals surface area contributed by atoms with Crippen LogP contribution in [0, 0.1) is 0 Å². The van der Waals surface area contributed by atoms with Crippen LogP contribution in [0.3, 0.4) is 0 Å². The molecule has 3 aromatic rings. The molecule has 4 aliphatic rings. The largest absolute Gasteiger partial charge is 0.504 e. The number of carbonyl (C=O) groups is 4. The van der Waals surface area contributed by atoms with Gasteiger partial charge >= 0.3 is 23.9 Å². The predicted octanol–water partition coefficient (Wildman–Crippen LogP) is 2.62. The van der Waals surface area contributed by atoms with Crippen LogP contribution in [-0.4, -0.2) is 86.6 Å². The molecule has 0 aromatic heterocycles. The minimum absolute atomic E-state index is 0.0818. The Labute approximate surface area is 286 Å². The summed E-state index contributed by atoms with van der Waals surface area (Å²) in [5.41, 5.74) is -0.342. The third kappa shape index (κ3) is 5.29. The number of rotatable bonds is 10. The first-order valence-corrected chi connectivity index (χ1v) is 16.2. The molecule has 1 saturated heterocycles. The summed E-state index contributed by atoms with van der Waals surface area (Å²) in [5, 5.41) is 43.5. The zero-order chi connectivity index (χ0) is 35.4. The van der Waals surface area contributed by atoms with Gasteiger partial charge in [0.25, 0.3) is 0 Å². The molecule has 260 valence electrons. The molecular weight excluding hydrogens is 650 g/mol. The number of hydrogen-bond acceptors (Lipinski definition) is 12. The fraction of sp³-hybridized carbons (Fsp3) is 0.351. The van der Waals surface area contributed by atoms with Gasteiger partial charge in [-0.3, -0.25) is 4.79 Å². The van der Waals surface area contributed by atoms with Crippen molar-refractivity contribution >= 4 is 23.9 Å². The number of piperidine rings is 1. The van der Waals surface area contributed by atoms with Gasteiger partial charge in [-0.2, -0.15) is 0 Å². The molecule has 2 aliphatic carbocycles. The number of hydrogen-bond donors (Lipinski definition) is 4. The second-order valence-electron chi connectivity index (χ2n) is 13.1. The fourth-order valence-electron chi connectivity index (χ4n) is 7.99. The Bertz CT molecular complexity index is 1880.